The molecule has 0 spiro atoms. The van der Waals surface area contributed by atoms with Gasteiger partial charge in [0.05, 0.1) is 0 Å². The second-order valence-corrected chi connectivity index (χ2v) is 7.20. The van der Waals surface area contributed by atoms with Crippen LogP contribution in [0.3, 0.4) is 0 Å². The van der Waals surface area contributed by atoms with Crippen LogP contribution in [0.25, 0.3) is 33.2 Å². The van der Waals surface area contributed by atoms with Gasteiger partial charge < -0.3 is 11.5 Å². The van der Waals surface area contributed by atoms with Crippen LogP contribution in [0, 0.1) is 0 Å². The van der Waals surface area contributed by atoms with E-state index in [2.05, 4.69) is 12.6 Å². The molecule has 0 heterocycles. The van der Waals surface area contributed by atoms with E-state index < -0.39 is 5.91 Å². The zero-order valence-corrected chi connectivity index (χ0v) is 17.3. The molecule has 0 atom stereocenters. The molecule has 4 N–H and O–H groups in total. The Bertz CT molecular complexity index is 1320. The lowest BCUT2D eigenvalue weighted by atomic mass is 10.0. The second kappa shape index (κ2) is 9.55. The first kappa shape index (κ1) is 21.5. The third-order valence-electron chi connectivity index (χ3n) is 4.94. The number of hydrogen-bond acceptors (Lipinski definition) is 2. The van der Waals surface area contributed by atoms with Crippen molar-refractivity contribution >= 4 is 45.0 Å². The van der Waals surface area contributed by atoms with Crippen molar-refractivity contribution in [1.82, 2.24) is 0 Å². The number of benzene rings is 4. The fourth-order valence-electron chi connectivity index (χ4n) is 3.14. The average Bonchev–Trinajstić information content (AvgIpc) is 2.78. The Morgan fingerprint density at radius 2 is 1.23 bits per heavy atom. The molecule has 4 aromatic carbocycles. The van der Waals surface area contributed by atoms with E-state index in [1.54, 1.807) is 13.0 Å². The van der Waals surface area contributed by atoms with E-state index in [1.165, 1.54) is 5.39 Å². The lowest BCUT2D eigenvalue weighted by Gasteiger charge is -2.03. The summed E-state index contributed by atoms with van der Waals surface area (Å²) in [5, 5.41) is 4.57. The van der Waals surface area contributed by atoms with Crippen molar-refractivity contribution in [3.05, 3.63) is 108 Å². The number of fused-ring (bicyclic) bond motifs is 2. The van der Waals surface area contributed by atoms with Gasteiger partial charge in [-0.25, -0.2) is 0 Å². The van der Waals surface area contributed by atoms with Crippen LogP contribution in [0.5, 0.6) is 0 Å². The second-order valence-electron chi connectivity index (χ2n) is 7.20. The molecule has 0 saturated heterocycles. The molecule has 0 fully saturated rings. The number of amides is 2. The topological polar surface area (TPSA) is 86.2 Å². The zero-order valence-electron chi connectivity index (χ0n) is 17.3. The summed E-state index contributed by atoms with van der Waals surface area (Å²) in [5.41, 5.74) is 13.1. The van der Waals surface area contributed by atoms with Gasteiger partial charge in [-0.2, -0.15) is 0 Å². The maximum atomic E-state index is 11.0. The Hall–Kier alpha value is -4.18. The highest BCUT2D eigenvalue weighted by molar-refractivity contribution is 6.18. The van der Waals surface area contributed by atoms with Gasteiger partial charge in [-0.1, -0.05) is 79.4 Å². The summed E-state index contributed by atoms with van der Waals surface area (Å²) in [6.45, 7) is 5.38. The molecule has 4 rings (SSSR count). The Morgan fingerprint density at radius 1 is 0.710 bits per heavy atom. The SMILES string of the molecule is C=C(C(N)=O)c1ccc2ccccc2c1.CC(=Cc1ccc2ccccc2c1)C(N)=O. The van der Waals surface area contributed by atoms with Crippen molar-refractivity contribution in [3.63, 3.8) is 0 Å². The molecule has 0 aromatic heterocycles. The summed E-state index contributed by atoms with van der Waals surface area (Å²) in [6.07, 6.45) is 1.80. The first-order chi connectivity index (χ1) is 14.8. The van der Waals surface area contributed by atoms with Crippen molar-refractivity contribution in [1.29, 1.82) is 0 Å². The molecular formula is C27H24N2O2. The van der Waals surface area contributed by atoms with Crippen LogP contribution in [0.1, 0.15) is 18.1 Å². The van der Waals surface area contributed by atoms with Gasteiger partial charge in [0.1, 0.15) is 0 Å². The van der Waals surface area contributed by atoms with E-state index in [0.29, 0.717) is 11.1 Å². The predicted octanol–water partition coefficient (Wildman–Crippen LogP) is 5.07. The normalized spacial score (nSPS) is 10.9. The van der Waals surface area contributed by atoms with Crippen molar-refractivity contribution in [2.75, 3.05) is 0 Å². The lowest BCUT2D eigenvalue weighted by Crippen LogP contribution is -2.11. The molecule has 4 nitrogen and oxygen atoms in total. The van der Waals surface area contributed by atoms with E-state index in [9.17, 15) is 9.59 Å². The van der Waals surface area contributed by atoms with E-state index in [-0.39, 0.29) is 5.91 Å². The summed E-state index contributed by atoms with van der Waals surface area (Å²) in [6, 6.07) is 27.9. The molecular weight excluding hydrogens is 384 g/mol. The summed E-state index contributed by atoms with van der Waals surface area (Å²) in [5.74, 6) is -0.863. The summed E-state index contributed by atoms with van der Waals surface area (Å²) in [7, 11) is 0. The Labute approximate surface area is 181 Å². The van der Waals surface area contributed by atoms with Crippen LogP contribution >= 0.6 is 0 Å². The molecule has 31 heavy (non-hydrogen) atoms. The molecule has 0 unspecified atom stereocenters. The van der Waals surface area contributed by atoms with Crippen LogP contribution in [-0.4, -0.2) is 11.8 Å². The number of nitrogens with two attached hydrogens (primary N) is 2. The maximum Gasteiger partial charge on any atom is 0.248 e. The van der Waals surface area contributed by atoms with Crippen LogP contribution in [-0.2, 0) is 9.59 Å². The molecule has 0 aliphatic rings. The summed E-state index contributed by atoms with van der Waals surface area (Å²) >= 11 is 0. The fourth-order valence-corrected chi connectivity index (χ4v) is 3.14. The van der Waals surface area contributed by atoms with E-state index in [4.69, 9.17) is 11.5 Å². The standard InChI is InChI=1S/C14H13NO.C13H11NO/c1-10(14(15)16)8-11-6-7-12-4-2-3-5-13(12)9-11;1-9(13(14)15)11-7-6-10-4-2-3-5-12(10)8-11/h2-9H,1H3,(H2,15,16);2-8H,1H2,(H2,14,15). The smallest absolute Gasteiger partial charge is 0.248 e. The van der Waals surface area contributed by atoms with Crippen molar-refractivity contribution < 1.29 is 9.59 Å². The van der Waals surface area contributed by atoms with E-state index >= 15 is 0 Å². The van der Waals surface area contributed by atoms with Gasteiger partial charge >= 0.3 is 0 Å². The molecule has 4 aromatic rings. The lowest BCUT2D eigenvalue weighted by molar-refractivity contribution is -0.114. The molecule has 0 aliphatic heterocycles. The monoisotopic (exact) mass is 408 g/mol. The van der Waals surface area contributed by atoms with Gasteiger partial charge in [0, 0.05) is 11.1 Å². The molecule has 0 radical (unpaired) electrons. The highest BCUT2D eigenvalue weighted by Gasteiger charge is 2.05. The predicted molar refractivity (Wildman–Crippen MR) is 129 cm³/mol. The number of carbonyl (C=O) groups excluding carboxylic acids is 2. The van der Waals surface area contributed by atoms with Gasteiger partial charge in [0.15, 0.2) is 0 Å². The van der Waals surface area contributed by atoms with Crippen molar-refractivity contribution in [3.8, 4) is 0 Å². The molecule has 0 aliphatic carbocycles. The Kier molecular flexibility index (Phi) is 6.63. The van der Waals surface area contributed by atoms with Crippen LogP contribution in [0.2, 0.25) is 0 Å². The molecule has 2 amide bonds. The number of carbonyl (C=O) groups is 2. The minimum absolute atomic E-state index is 0.348. The number of hydrogen-bond donors (Lipinski definition) is 2. The van der Waals surface area contributed by atoms with Crippen molar-refractivity contribution in [2.45, 2.75) is 6.92 Å². The molecule has 0 saturated carbocycles. The van der Waals surface area contributed by atoms with Crippen molar-refractivity contribution in [2.24, 2.45) is 11.5 Å². The highest BCUT2D eigenvalue weighted by Crippen LogP contribution is 2.20. The van der Waals surface area contributed by atoms with Crippen LogP contribution in [0.4, 0.5) is 0 Å². The minimum atomic E-state index is -0.481. The summed E-state index contributed by atoms with van der Waals surface area (Å²) < 4.78 is 0. The molecule has 0 bridgehead atoms. The summed E-state index contributed by atoms with van der Waals surface area (Å²) in [4.78, 5) is 21.9. The van der Waals surface area contributed by atoms with Gasteiger partial charge in [0.25, 0.3) is 0 Å². The average molecular weight is 409 g/mol. The maximum absolute atomic E-state index is 11.0. The molecule has 154 valence electrons. The fraction of sp³-hybridized carbons (Fsp3) is 0.0370. The zero-order chi connectivity index (χ0) is 22.4. The largest absolute Gasteiger partial charge is 0.366 e. The third kappa shape index (κ3) is 5.46. The Balaban J connectivity index is 0.000000176. The minimum Gasteiger partial charge on any atom is -0.366 e. The van der Waals surface area contributed by atoms with Gasteiger partial charge in [-0.3, -0.25) is 9.59 Å². The van der Waals surface area contributed by atoms with Gasteiger partial charge in [-0.05, 0) is 57.8 Å². The van der Waals surface area contributed by atoms with Crippen LogP contribution < -0.4 is 11.5 Å². The number of primary amides is 2. The highest BCUT2D eigenvalue weighted by atomic mass is 16.1. The number of rotatable bonds is 4. The first-order valence-electron chi connectivity index (χ1n) is 9.80. The third-order valence-corrected chi connectivity index (χ3v) is 4.94. The van der Waals surface area contributed by atoms with Gasteiger partial charge in [0.2, 0.25) is 11.8 Å². The van der Waals surface area contributed by atoms with E-state index in [1.807, 2.05) is 78.9 Å². The van der Waals surface area contributed by atoms with E-state index in [0.717, 1.165) is 27.3 Å². The quantitative estimate of drug-likeness (QED) is 0.462. The molecule has 4 heteroatoms. The van der Waals surface area contributed by atoms with Gasteiger partial charge in [-0.15, -0.1) is 0 Å². The first-order valence-corrected chi connectivity index (χ1v) is 9.80. The van der Waals surface area contributed by atoms with Crippen LogP contribution in [0.15, 0.2) is 97.1 Å². The Morgan fingerprint density at radius 3 is 1.77 bits per heavy atom.